The number of fused-ring (bicyclic) bond motifs is 3. The zero-order chi connectivity index (χ0) is 31.4. The number of nitrogens with zero attached hydrogens (tertiary/aromatic N) is 6. The van der Waals surface area contributed by atoms with Crippen LogP contribution in [0, 0.1) is 0 Å². The Hall–Kier alpha value is -3.23. The normalized spacial score (nSPS) is 16.1. The standard InChI is InChI=1S/C19H24FN5O2S.C8H14F3NO2/c1-22(2)16(26)11-23-12-24(13-6-4-3-5-7-13)17-14-8-9-25(28-20)18(14)21-10-15(17)19(23)27;1-7(2,3)14-6(13)12(4)5-8(9,10)11/h8-10,13H,3-7,11-12H2,1-2H3;5H2,1-4H3. The van der Waals surface area contributed by atoms with Crippen LogP contribution >= 0.6 is 12.3 Å². The van der Waals surface area contributed by atoms with Crippen molar-refractivity contribution in [2.75, 3.05) is 45.8 Å². The molecular weight excluding hydrogens is 580 g/mol. The van der Waals surface area contributed by atoms with Crippen LogP contribution in [0.5, 0.6) is 0 Å². The zero-order valence-corrected chi connectivity index (χ0v) is 25.5. The van der Waals surface area contributed by atoms with E-state index >= 15 is 0 Å². The number of rotatable bonds is 5. The van der Waals surface area contributed by atoms with Crippen LogP contribution in [-0.4, -0.2) is 100 Å². The summed E-state index contributed by atoms with van der Waals surface area (Å²) in [6.07, 6.45) is 3.40. The van der Waals surface area contributed by atoms with Crippen LogP contribution < -0.4 is 4.90 Å². The van der Waals surface area contributed by atoms with Gasteiger partial charge in [-0.05, 0) is 39.7 Å². The number of likely N-dealkylation sites (N-methyl/N-ethyl adjacent to an activating group) is 1. The van der Waals surface area contributed by atoms with Crippen LogP contribution in [0.1, 0.15) is 63.2 Å². The first-order valence-electron chi connectivity index (χ1n) is 13.6. The van der Waals surface area contributed by atoms with Crippen molar-refractivity contribution in [3.63, 3.8) is 0 Å². The molecule has 1 fully saturated rings. The highest BCUT2D eigenvalue weighted by Gasteiger charge is 2.37. The summed E-state index contributed by atoms with van der Waals surface area (Å²) in [4.78, 5) is 46.6. The zero-order valence-electron chi connectivity index (χ0n) is 24.7. The lowest BCUT2D eigenvalue weighted by molar-refractivity contribution is -0.141. The summed E-state index contributed by atoms with van der Waals surface area (Å²) in [5.41, 5.74) is 1.04. The van der Waals surface area contributed by atoms with Crippen molar-refractivity contribution in [1.29, 1.82) is 0 Å². The molecule has 3 amide bonds. The Morgan fingerprint density at radius 2 is 1.76 bits per heavy atom. The molecule has 3 heterocycles. The van der Waals surface area contributed by atoms with E-state index in [4.69, 9.17) is 4.74 Å². The molecule has 2 aromatic heterocycles. The second kappa shape index (κ2) is 13.4. The molecule has 0 aromatic carbocycles. The molecule has 4 rings (SSSR count). The number of pyridine rings is 1. The van der Waals surface area contributed by atoms with Gasteiger partial charge in [0.05, 0.1) is 17.9 Å². The minimum absolute atomic E-state index is 0.0356. The maximum Gasteiger partial charge on any atom is 0.410 e. The second-order valence-electron chi connectivity index (χ2n) is 11.6. The van der Waals surface area contributed by atoms with Gasteiger partial charge in [0.1, 0.15) is 18.7 Å². The number of carbonyl (C=O) groups excluding carboxylic acids is 3. The largest absolute Gasteiger partial charge is 0.444 e. The molecule has 10 nitrogen and oxygen atoms in total. The summed E-state index contributed by atoms with van der Waals surface area (Å²) in [5.74, 6) is -0.318. The summed E-state index contributed by atoms with van der Waals surface area (Å²) < 4.78 is 54.9. The number of carbonyl (C=O) groups is 3. The van der Waals surface area contributed by atoms with Crippen LogP contribution in [0.25, 0.3) is 11.0 Å². The van der Waals surface area contributed by atoms with Crippen molar-refractivity contribution in [1.82, 2.24) is 23.7 Å². The van der Waals surface area contributed by atoms with E-state index in [2.05, 4.69) is 9.88 Å². The van der Waals surface area contributed by atoms with E-state index in [0.29, 0.717) is 28.8 Å². The van der Waals surface area contributed by atoms with E-state index in [9.17, 15) is 31.4 Å². The highest BCUT2D eigenvalue weighted by Crippen LogP contribution is 2.39. The van der Waals surface area contributed by atoms with E-state index in [1.54, 1.807) is 46.0 Å². The molecule has 2 aromatic rings. The molecular formula is C27H38F4N6O4S. The lowest BCUT2D eigenvalue weighted by Crippen LogP contribution is -2.53. The van der Waals surface area contributed by atoms with Crippen molar-refractivity contribution in [2.45, 2.75) is 70.7 Å². The minimum Gasteiger partial charge on any atom is -0.444 e. The van der Waals surface area contributed by atoms with Crippen molar-refractivity contribution >= 4 is 47.0 Å². The Kier molecular flexibility index (Phi) is 10.6. The molecule has 0 spiro atoms. The van der Waals surface area contributed by atoms with Crippen LogP contribution in [0.4, 0.5) is 27.5 Å². The van der Waals surface area contributed by atoms with E-state index in [-0.39, 0.29) is 30.7 Å². The smallest absolute Gasteiger partial charge is 0.410 e. The molecule has 1 aliphatic carbocycles. The fourth-order valence-electron chi connectivity index (χ4n) is 4.85. The second-order valence-corrected chi connectivity index (χ2v) is 12.1. The predicted octanol–water partition coefficient (Wildman–Crippen LogP) is 5.47. The fourth-order valence-corrected chi connectivity index (χ4v) is 5.17. The topological polar surface area (TPSA) is 91.2 Å². The summed E-state index contributed by atoms with van der Waals surface area (Å²) in [7, 11) is 4.42. The Morgan fingerprint density at radius 3 is 2.31 bits per heavy atom. The number of amides is 3. The van der Waals surface area contributed by atoms with Gasteiger partial charge in [-0.25, -0.2) is 13.8 Å². The Morgan fingerprint density at radius 1 is 1.12 bits per heavy atom. The van der Waals surface area contributed by atoms with Crippen LogP contribution in [-0.2, 0) is 9.53 Å². The quantitative estimate of drug-likeness (QED) is 0.411. The summed E-state index contributed by atoms with van der Waals surface area (Å²) in [6, 6.07) is 2.11. The summed E-state index contributed by atoms with van der Waals surface area (Å²) in [6.45, 7) is 3.86. The summed E-state index contributed by atoms with van der Waals surface area (Å²) in [5, 5.41) is 0.778. The molecule has 0 N–H and O–H groups in total. The lowest BCUT2D eigenvalue weighted by atomic mass is 9.92. The molecule has 0 unspecified atom stereocenters. The first kappa shape index (κ1) is 33.3. The number of hydrogen-bond acceptors (Lipinski definition) is 7. The van der Waals surface area contributed by atoms with E-state index in [1.807, 2.05) is 6.07 Å². The molecule has 1 aliphatic heterocycles. The van der Waals surface area contributed by atoms with Gasteiger partial charge >= 0.3 is 12.3 Å². The molecule has 0 saturated heterocycles. The number of aromatic nitrogens is 2. The Labute approximate surface area is 247 Å². The SMILES string of the molecule is CN(C)C(=O)CN1CN(C2CCCCC2)c2c(cnc3c2ccn3SF)C1=O.CN(CC(F)(F)F)C(=O)OC(C)(C)C. The van der Waals surface area contributed by atoms with Crippen molar-refractivity contribution in [2.24, 2.45) is 0 Å². The molecule has 15 heteroatoms. The van der Waals surface area contributed by atoms with Crippen molar-refractivity contribution in [3.05, 3.63) is 24.0 Å². The summed E-state index contributed by atoms with van der Waals surface area (Å²) >= 11 is 0.0955. The van der Waals surface area contributed by atoms with Crippen LogP contribution in [0.15, 0.2) is 18.5 Å². The fraction of sp³-hybridized carbons (Fsp3) is 0.630. The highest BCUT2D eigenvalue weighted by molar-refractivity contribution is 7.92. The number of halogens is 4. The number of anilines is 1. The van der Waals surface area contributed by atoms with E-state index in [1.165, 1.54) is 21.5 Å². The van der Waals surface area contributed by atoms with E-state index in [0.717, 1.165) is 43.8 Å². The molecule has 0 radical (unpaired) electrons. The third-order valence-electron chi connectivity index (χ3n) is 6.82. The van der Waals surface area contributed by atoms with Gasteiger partial charge in [0.15, 0.2) is 18.0 Å². The average molecular weight is 619 g/mol. The van der Waals surface area contributed by atoms with Gasteiger partial charge in [-0.2, -0.15) is 13.2 Å². The Balaban J connectivity index is 0.000000295. The third-order valence-corrected chi connectivity index (χ3v) is 7.26. The number of ether oxygens (including phenoxy) is 1. The molecule has 0 atom stereocenters. The van der Waals surface area contributed by atoms with E-state index < -0.39 is 24.4 Å². The average Bonchev–Trinajstić information content (AvgIpc) is 3.32. The molecule has 234 valence electrons. The van der Waals surface area contributed by atoms with Gasteiger partial charge in [-0.3, -0.25) is 9.59 Å². The molecule has 2 aliphatic rings. The van der Waals surface area contributed by atoms with Crippen LogP contribution in [0.3, 0.4) is 0 Å². The van der Waals surface area contributed by atoms with Crippen molar-refractivity contribution in [3.8, 4) is 0 Å². The van der Waals surface area contributed by atoms with Crippen LogP contribution in [0.2, 0.25) is 0 Å². The Bertz CT molecular complexity index is 1270. The van der Waals surface area contributed by atoms with Crippen molar-refractivity contribution < 1.29 is 36.2 Å². The maximum atomic E-state index is 13.2. The molecule has 0 bridgehead atoms. The van der Waals surface area contributed by atoms with Gasteiger partial charge in [-0.15, -0.1) is 3.89 Å². The first-order valence-corrected chi connectivity index (χ1v) is 14.3. The third kappa shape index (κ3) is 8.42. The van der Waals surface area contributed by atoms with Gasteiger partial charge in [0.25, 0.3) is 5.91 Å². The van der Waals surface area contributed by atoms with Gasteiger partial charge < -0.3 is 24.3 Å². The highest BCUT2D eigenvalue weighted by atomic mass is 32.2. The molecule has 1 saturated carbocycles. The molecule has 42 heavy (non-hydrogen) atoms. The predicted molar refractivity (Wildman–Crippen MR) is 153 cm³/mol. The first-order chi connectivity index (χ1) is 19.5. The van der Waals surface area contributed by atoms with Gasteiger partial charge in [-0.1, -0.05) is 19.3 Å². The number of hydrogen-bond donors (Lipinski definition) is 0. The lowest BCUT2D eigenvalue weighted by Gasteiger charge is -2.43. The maximum absolute atomic E-state index is 13.2. The minimum atomic E-state index is -4.40. The monoisotopic (exact) mass is 618 g/mol. The van der Waals surface area contributed by atoms with Gasteiger partial charge in [0.2, 0.25) is 5.91 Å². The number of alkyl halides is 3. The van der Waals surface area contributed by atoms with Gasteiger partial charge in [0, 0.05) is 45.0 Å².